The lowest BCUT2D eigenvalue weighted by Gasteiger charge is -2.10. The molecule has 0 radical (unpaired) electrons. The Morgan fingerprint density at radius 3 is 2.56 bits per heavy atom. The maximum absolute atomic E-state index is 11.2. The first-order valence-electron chi connectivity index (χ1n) is 5.60. The third kappa shape index (κ3) is 4.44. The van der Waals surface area contributed by atoms with Crippen molar-refractivity contribution < 1.29 is 8.95 Å². The molecule has 18 heavy (non-hydrogen) atoms. The lowest BCUT2D eigenvalue weighted by atomic mass is 10.3. The molecule has 1 aromatic heterocycles. The smallest absolute Gasteiger partial charge is 0.322 e. The molecule has 0 aliphatic rings. The summed E-state index contributed by atoms with van der Waals surface area (Å²) in [6.07, 6.45) is 2.49. The van der Waals surface area contributed by atoms with Gasteiger partial charge in [-0.05, 0) is 6.42 Å². The van der Waals surface area contributed by atoms with Crippen molar-refractivity contribution in [2.24, 2.45) is 0 Å². The lowest BCUT2D eigenvalue weighted by molar-refractivity contribution is 0.379. The first kappa shape index (κ1) is 14.6. The molecule has 7 nitrogen and oxygen atoms in total. The molecule has 8 heteroatoms. The average molecular weight is 273 g/mol. The molecule has 0 amide bonds. The molecule has 0 aromatic carbocycles. The van der Waals surface area contributed by atoms with Crippen LogP contribution in [0.1, 0.15) is 13.3 Å². The van der Waals surface area contributed by atoms with Gasteiger partial charge in [0.05, 0.1) is 7.11 Å². The SMILES string of the molecule is CNc1nc(NCCC(C)S(C)=O)nc(OC)n1. The molecule has 1 aromatic rings. The summed E-state index contributed by atoms with van der Waals surface area (Å²) in [7, 11) is 2.41. The van der Waals surface area contributed by atoms with E-state index >= 15 is 0 Å². The maximum Gasteiger partial charge on any atom is 0.322 e. The second kappa shape index (κ2) is 7.10. The predicted octanol–water partition coefficient (Wildman–Crippen LogP) is 0.491. The summed E-state index contributed by atoms with van der Waals surface area (Å²) in [5.74, 6) is 0.886. The van der Waals surface area contributed by atoms with Gasteiger partial charge >= 0.3 is 6.01 Å². The van der Waals surface area contributed by atoms with Crippen molar-refractivity contribution in [1.82, 2.24) is 15.0 Å². The van der Waals surface area contributed by atoms with Crippen molar-refractivity contribution >= 4 is 22.7 Å². The van der Waals surface area contributed by atoms with E-state index in [4.69, 9.17) is 4.74 Å². The van der Waals surface area contributed by atoms with E-state index in [1.807, 2.05) is 6.92 Å². The Kier molecular flexibility index (Phi) is 5.76. The van der Waals surface area contributed by atoms with Crippen LogP contribution in [0, 0.1) is 0 Å². The van der Waals surface area contributed by atoms with E-state index in [1.54, 1.807) is 13.3 Å². The third-order valence-corrected chi connectivity index (χ3v) is 3.79. The zero-order chi connectivity index (χ0) is 13.5. The zero-order valence-electron chi connectivity index (χ0n) is 11.1. The number of aromatic nitrogens is 3. The van der Waals surface area contributed by atoms with Gasteiger partial charge in [0.2, 0.25) is 11.9 Å². The van der Waals surface area contributed by atoms with E-state index in [0.717, 1.165) is 6.42 Å². The molecule has 0 bridgehead atoms. The Balaban J connectivity index is 2.58. The van der Waals surface area contributed by atoms with Gasteiger partial charge < -0.3 is 15.4 Å². The van der Waals surface area contributed by atoms with E-state index in [9.17, 15) is 4.21 Å². The van der Waals surface area contributed by atoms with Gasteiger partial charge in [0.15, 0.2) is 0 Å². The molecular formula is C10H19N5O2S. The van der Waals surface area contributed by atoms with Crippen molar-refractivity contribution in [2.45, 2.75) is 18.6 Å². The van der Waals surface area contributed by atoms with E-state index in [0.29, 0.717) is 18.4 Å². The van der Waals surface area contributed by atoms with Crippen LogP contribution in [-0.4, -0.2) is 51.4 Å². The van der Waals surface area contributed by atoms with Gasteiger partial charge in [0.1, 0.15) is 0 Å². The fourth-order valence-corrected chi connectivity index (χ4v) is 1.64. The van der Waals surface area contributed by atoms with Crippen LogP contribution in [0.3, 0.4) is 0 Å². The summed E-state index contributed by atoms with van der Waals surface area (Å²) in [4.78, 5) is 12.2. The number of hydrogen-bond donors (Lipinski definition) is 2. The Labute approximate surface area is 109 Å². The third-order valence-electron chi connectivity index (χ3n) is 2.42. The first-order chi connectivity index (χ1) is 8.56. The van der Waals surface area contributed by atoms with Gasteiger partial charge in [0, 0.05) is 35.9 Å². The first-order valence-corrected chi connectivity index (χ1v) is 7.23. The maximum atomic E-state index is 11.2. The number of methoxy groups -OCH3 is 1. The molecule has 0 saturated carbocycles. The number of anilines is 2. The van der Waals surface area contributed by atoms with Crippen molar-refractivity contribution in [3.63, 3.8) is 0 Å². The number of rotatable bonds is 7. The monoisotopic (exact) mass is 273 g/mol. The number of nitrogens with one attached hydrogen (secondary N) is 2. The Bertz CT molecular complexity index is 393. The molecule has 1 rings (SSSR count). The highest BCUT2D eigenvalue weighted by Crippen LogP contribution is 2.10. The van der Waals surface area contributed by atoms with Crippen LogP contribution in [-0.2, 0) is 10.8 Å². The van der Waals surface area contributed by atoms with Crippen LogP contribution in [0.15, 0.2) is 0 Å². The molecular weight excluding hydrogens is 254 g/mol. The molecule has 102 valence electrons. The molecule has 2 unspecified atom stereocenters. The van der Waals surface area contributed by atoms with Gasteiger partial charge in [-0.2, -0.15) is 15.0 Å². The van der Waals surface area contributed by atoms with Crippen molar-refractivity contribution in [1.29, 1.82) is 0 Å². The molecule has 0 aliphatic heterocycles. The van der Waals surface area contributed by atoms with Gasteiger partial charge in [0.25, 0.3) is 0 Å². The number of hydrogen-bond acceptors (Lipinski definition) is 7. The summed E-state index contributed by atoms with van der Waals surface area (Å²) < 4.78 is 16.2. The largest absolute Gasteiger partial charge is 0.467 e. The molecule has 1 heterocycles. The van der Waals surface area contributed by atoms with Crippen molar-refractivity contribution in [3.8, 4) is 6.01 Å². The van der Waals surface area contributed by atoms with Crippen LogP contribution in [0.5, 0.6) is 6.01 Å². The normalized spacial score (nSPS) is 13.8. The van der Waals surface area contributed by atoms with Crippen LogP contribution >= 0.6 is 0 Å². The fourth-order valence-electron chi connectivity index (χ4n) is 1.19. The molecule has 0 saturated heterocycles. The second-order valence-electron chi connectivity index (χ2n) is 3.74. The van der Waals surface area contributed by atoms with Gasteiger partial charge in [-0.15, -0.1) is 0 Å². The number of nitrogens with zero attached hydrogens (tertiary/aromatic N) is 3. The average Bonchev–Trinajstić information content (AvgIpc) is 2.37. The minimum Gasteiger partial charge on any atom is -0.467 e. The van der Waals surface area contributed by atoms with E-state index in [1.165, 1.54) is 7.11 Å². The lowest BCUT2D eigenvalue weighted by Crippen LogP contribution is -2.16. The minimum atomic E-state index is -0.810. The molecule has 0 spiro atoms. The highest BCUT2D eigenvalue weighted by Gasteiger charge is 2.08. The Morgan fingerprint density at radius 1 is 1.33 bits per heavy atom. The highest BCUT2D eigenvalue weighted by atomic mass is 32.2. The van der Waals surface area contributed by atoms with Gasteiger partial charge in [-0.3, -0.25) is 4.21 Å². The molecule has 0 fully saturated rings. The summed E-state index contributed by atoms with van der Waals surface area (Å²) >= 11 is 0. The van der Waals surface area contributed by atoms with Crippen LogP contribution in [0.4, 0.5) is 11.9 Å². The summed E-state index contributed by atoms with van der Waals surface area (Å²) in [5, 5.41) is 6.04. The summed E-state index contributed by atoms with van der Waals surface area (Å²) in [5.41, 5.74) is 0. The predicted molar refractivity (Wildman–Crippen MR) is 72.6 cm³/mol. The summed E-state index contributed by atoms with van der Waals surface area (Å²) in [6.45, 7) is 2.60. The quantitative estimate of drug-likeness (QED) is 0.747. The minimum absolute atomic E-state index is 0.144. The van der Waals surface area contributed by atoms with Gasteiger partial charge in [-0.1, -0.05) is 6.92 Å². The van der Waals surface area contributed by atoms with Crippen LogP contribution in [0.2, 0.25) is 0 Å². The van der Waals surface area contributed by atoms with Crippen molar-refractivity contribution in [3.05, 3.63) is 0 Å². The van der Waals surface area contributed by atoms with Crippen molar-refractivity contribution in [2.75, 3.05) is 37.6 Å². The molecule has 2 atom stereocenters. The van der Waals surface area contributed by atoms with Gasteiger partial charge in [-0.25, -0.2) is 0 Å². The Hall–Kier alpha value is -1.44. The standard InChI is InChI=1S/C10H19N5O2S/c1-7(18(4)16)5-6-12-9-13-8(11-2)14-10(15-9)17-3/h7H,5-6H2,1-4H3,(H2,11,12,13,14,15). The zero-order valence-corrected chi connectivity index (χ0v) is 11.9. The fraction of sp³-hybridized carbons (Fsp3) is 0.700. The van der Waals surface area contributed by atoms with E-state index in [2.05, 4.69) is 25.6 Å². The van der Waals surface area contributed by atoms with Crippen LogP contribution < -0.4 is 15.4 Å². The summed E-state index contributed by atoms with van der Waals surface area (Å²) in [6, 6.07) is 0.254. The number of ether oxygens (including phenoxy) is 1. The topological polar surface area (TPSA) is 89.0 Å². The van der Waals surface area contributed by atoms with Crippen LogP contribution in [0.25, 0.3) is 0 Å². The molecule has 0 aliphatic carbocycles. The van der Waals surface area contributed by atoms with E-state index in [-0.39, 0.29) is 11.3 Å². The highest BCUT2D eigenvalue weighted by molar-refractivity contribution is 7.84. The molecule has 2 N–H and O–H groups in total. The Morgan fingerprint density at radius 2 is 2.00 bits per heavy atom. The van der Waals surface area contributed by atoms with E-state index < -0.39 is 10.8 Å². The second-order valence-corrected chi connectivity index (χ2v) is 5.55.